The van der Waals surface area contributed by atoms with Crippen LogP contribution in [-0.2, 0) is 10.3 Å². The van der Waals surface area contributed by atoms with E-state index in [2.05, 4.69) is 10.2 Å². The van der Waals surface area contributed by atoms with Gasteiger partial charge in [-0.2, -0.15) is 0 Å². The Labute approximate surface area is 157 Å². The van der Waals surface area contributed by atoms with Crippen molar-refractivity contribution in [3.8, 4) is 0 Å². The number of rotatable bonds is 4. The molecule has 2 heterocycles. The molecule has 2 aromatic carbocycles. The molecule has 0 saturated carbocycles. The molecule has 2 N–H and O–H groups in total. The summed E-state index contributed by atoms with van der Waals surface area (Å²) in [6.07, 6.45) is 0.516. The minimum Gasteiger partial charge on any atom is -0.391 e. The Bertz CT molecular complexity index is 788. The van der Waals surface area contributed by atoms with Gasteiger partial charge in [0.25, 0.3) is 5.91 Å². The lowest BCUT2D eigenvalue weighted by Gasteiger charge is -2.42. The zero-order valence-corrected chi connectivity index (χ0v) is 15.1. The maximum Gasteiger partial charge on any atom is 0.252 e. The van der Waals surface area contributed by atoms with E-state index >= 15 is 0 Å². The molecule has 5 nitrogen and oxygen atoms in total. The second-order valence-electron chi connectivity index (χ2n) is 6.97. The maximum atomic E-state index is 12.7. The first kappa shape index (κ1) is 17.3. The molecule has 2 aliphatic heterocycles. The summed E-state index contributed by atoms with van der Waals surface area (Å²) in [5.41, 5.74) is 2.12. The molecular formula is C20H21ClN2O3. The molecule has 0 aromatic heterocycles. The number of benzene rings is 2. The van der Waals surface area contributed by atoms with Crippen molar-refractivity contribution in [3.63, 3.8) is 0 Å². The fraction of sp³-hybridized carbons (Fsp3) is 0.350. The van der Waals surface area contributed by atoms with Gasteiger partial charge in [0.15, 0.2) is 0 Å². The van der Waals surface area contributed by atoms with Crippen LogP contribution in [-0.4, -0.2) is 43.4 Å². The van der Waals surface area contributed by atoms with Crippen molar-refractivity contribution in [2.75, 3.05) is 31.2 Å². The van der Waals surface area contributed by atoms with Gasteiger partial charge in [0.05, 0.1) is 19.3 Å². The summed E-state index contributed by atoms with van der Waals surface area (Å²) in [7, 11) is 0. The van der Waals surface area contributed by atoms with Crippen LogP contribution in [0.2, 0.25) is 5.02 Å². The highest BCUT2D eigenvalue weighted by Crippen LogP contribution is 2.31. The van der Waals surface area contributed by atoms with E-state index in [1.807, 2.05) is 48.5 Å². The number of aliphatic hydroxyl groups excluding tert-OH is 1. The van der Waals surface area contributed by atoms with Gasteiger partial charge in [-0.15, -0.1) is 0 Å². The number of nitrogens with one attached hydrogen (secondary N) is 1. The maximum absolute atomic E-state index is 12.7. The molecule has 6 heteroatoms. The van der Waals surface area contributed by atoms with E-state index in [0.29, 0.717) is 30.3 Å². The van der Waals surface area contributed by atoms with E-state index in [0.717, 1.165) is 24.2 Å². The number of hydrogen-bond donors (Lipinski definition) is 2. The minimum atomic E-state index is -0.501. The highest BCUT2D eigenvalue weighted by Gasteiger charge is 2.41. The highest BCUT2D eigenvalue weighted by atomic mass is 35.5. The van der Waals surface area contributed by atoms with E-state index in [4.69, 9.17) is 16.3 Å². The topological polar surface area (TPSA) is 61.8 Å². The van der Waals surface area contributed by atoms with E-state index in [1.165, 1.54) is 0 Å². The molecule has 0 bridgehead atoms. The van der Waals surface area contributed by atoms with Crippen LogP contribution in [0.3, 0.4) is 0 Å². The molecule has 0 aliphatic carbocycles. The molecule has 1 atom stereocenters. The van der Waals surface area contributed by atoms with Gasteiger partial charge < -0.3 is 20.1 Å². The lowest BCUT2D eigenvalue weighted by molar-refractivity contribution is -0.0733. The summed E-state index contributed by atoms with van der Waals surface area (Å²) < 4.78 is 5.38. The molecule has 0 radical (unpaired) electrons. The number of carbonyl (C=O) groups is 1. The second kappa shape index (κ2) is 6.91. The zero-order chi connectivity index (χ0) is 18.1. The van der Waals surface area contributed by atoms with Crippen LogP contribution in [0.4, 0.5) is 5.69 Å². The lowest BCUT2D eigenvalue weighted by atomic mass is 9.87. The molecule has 4 rings (SSSR count). The van der Waals surface area contributed by atoms with Crippen LogP contribution in [0.1, 0.15) is 22.3 Å². The van der Waals surface area contributed by atoms with Gasteiger partial charge in [-0.3, -0.25) is 4.79 Å². The van der Waals surface area contributed by atoms with Gasteiger partial charge in [-0.05, 0) is 48.4 Å². The summed E-state index contributed by atoms with van der Waals surface area (Å²) in [6.45, 7) is 2.38. The van der Waals surface area contributed by atoms with Crippen molar-refractivity contribution in [2.45, 2.75) is 18.1 Å². The third-order valence-corrected chi connectivity index (χ3v) is 5.36. The van der Waals surface area contributed by atoms with Crippen molar-refractivity contribution in [1.82, 2.24) is 5.32 Å². The monoisotopic (exact) mass is 372 g/mol. The number of ether oxygens (including phenoxy) is 1. The fourth-order valence-electron chi connectivity index (χ4n) is 3.48. The van der Waals surface area contributed by atoms with E-state index in [1.54, 1.807) is 0 Å². The Morgan fingerprint density at radius 2 is 1.85 bits per heavy atom. The van der Waals surface area contributed by atoms with Gasteiger partial charge in [0.1, 0.15) is 5.54 Å². The zero-order valence-electron chi connectivity index (χ0n) is 14.3. The quantitative estimate of drug-likeness (QED) is 0.866. The predicted molar refractivity (Wildman–Crippen MR) is 101 cm³/mol. The molecule has 1 unspecified atom stereocenters. The number of amides is 1. The molecule has 136 valence electrons. The van der Waals surface area contributed by atoms with Gasteiger partial charge >= 0.3 is 0 Å². The molecule has 2 aliphatic rings. The first-order valence-electron chi connectivity index (χ1n) is 8.75. The van der Waals surface area contributed by atoms with Crippen LogP contribution in [0, 0.1) is 0 Å². The molecule has 2 aromatic rings. The Morgan fingerprint density at radius 3 is 2.38 bits per heavy atom. The number of anilines is 1. The number of halogens is 1. The second-order valence-corrected chi connectivity index (χ2v) is 7.41. The van der Waals surface area contributed by atoms with Crippen molar-refractivity contribution in [3.05, 3.63) is 64.7 Å². The molecule has 26 heavy (non-hydrogen) atoms. The van der Waals surface area contributed by atoms with Crippen molar-refractivity contribution in [2.24, 2.45) is 0 Å². The van der Waals surface area contributed by atoms with Gasteiger partial charge in [0.2, 0.25) is 0 Å². The first-order chi connectivity index (χ1) is 12.6. The van der Waals surface area contributed by atoms with Gasteiger partial charge in [-0.25, -0.2) is 0 Å². The molecule has 1 amide bonds. The van der Waals surface area contributed by atoms with Gasteiger partial charge in [0, 0.05) is 29.4 Å². The third kappa shape index (κ3) is 3.30. The normalized spacial score (nSPS) is 21.3. The summed E-state index contributed by atoms with van der Waals surface area (Å²) in [4.78, 5) is 14.9. The third-order valence-electron chi connectivity index (χ3n) is 5.10. The number of carbonyl (C=O) groups excluding carboxylic acids is 1. The van der Waals surface area contributed by atoms with E-state index in [-0.39, 0.29) is 12.0 Å². The summed E-state index contributed by atoms with van der Waals surface area (Å²) >= 11 is 5.96. The Kier molecular flexibility index (Phi) is 4.61. The van der Waals surface area contributed by atoms with Crippen molar-refractivity contribution >= 4 is 23.2 Å². The van der Waals surface area contributed by atoms with Gasteiger partial charge in [-0.1, -0.05) is 23.7 Å². The average molecular weight is 373 g/mol. The highest BCUT2D eigenvalue weighted by molar-refractivity contribution is 6.30. The Morgan fingerprint density at radius 1 is 1.15 bits per heavy atom. The first-order valence-corrected chi connectivity index (χ1v) is 9.13. The molecular weight excluding hydrogens is 352 g/mol. The molecule has 2 fully saturated rings. The van der Waals surface area contributed by atoms with Crippen LogP contribution < -0.4 is 10.2 Å². The standard InChI is InChI=1S/C20H21ClN2O3/c21-16-5-3-15(4-6-16)20(12-26-13-20)22-19(25)14-1-7-17(8-2-14)23-10-9-18(24)11-23/h1-8,18,24H,9-13H2,(H,22,25). The van der Waals surface area contributed by atoms with Crippen LogP contribution >= 0.6 is 11.6 Å². The Hall–Kier alpha value is -2.08. The molecule has 0 spiro atoms. The van der Waals surface area contributed by atoms with Crippen LogP contribution in [0.25, 0.3) is 0 Å². The van der Waals surface area contributed by atoms with E-state index in [9.17, 15) is 9.90 Å². The summed E-state index contributed by atoms with van der Waals surface area (Å²) in [5.74, 6) is -0.128. The number of nitrogens with zero attached hydrogens (tertiary/aromatic N) is 1. The lowest BCUT2D eigenvalue weighted by Crippen LogP contribution is -2.59. The van der Waals surface area contributed by atoms with Crippen molar-refractivity contribution in [1.29, 1.82) is 0 Å². The largest absolute Gasteiger partial charge is 0.391 e. The summed E-state index contributed by atoms with van der Waals surface area (Å²) in [5, 5.41) is 13.4. The SMILES string of the molecule is O=C(NC1(c2ccc(Cl)cc2)COC1)c1ccc(N2CCC(O)C2)cc1. The van der Waals surface area contributed by atoms with Crippen molar-refractivity contribution < 1.29 is 14.6 Å². The number of hydrogen-bond acceptors (Lipinski definition) is 4. The van der Waals surface area contributed by atoms with Crippen LogP contribution in [0.5, 0.6) is 0 Å². The van der Waals surface area contributed by atoms with Crippen LogP contribution in [0.15, 0.2) is 48.5 Å². The number of aliphatic hydroxyl groups is 1. The molecule has 2 saturated heterocycles. The smallest absolute Gasteiger partial charge is 0.252 e. The average Bonchev–Trinajstić information content (AvgIpc) is 3.05. The Balaban J connectivity index is 1.48. The van der Waals surface area contributed by atoms with E-state index < -0.39 is 5.54 Å². The number of β-amino-alcohol motifs (C(OH)–C–C–N with tert-alkyl or cyclic N) is 1. The fourth-order valence-corrected chi connectivity index (χ4v) is 3.60. The summed E-state index contributed by atoms with van der Waals surface area (Å²) in [6, 6.07) is 15.0. The predicted octanol–water partition coefficient (Wildman–Crippen LogP) is 2.57. The minimum absolute atomic E-state index is 0.128.